The fourth-order valence-corrected chi connectivity index (χ4v) is 4.63. The van der Waals surface area contributed by atoms with Crippen molar-refractivity contribution >= 4 is 17.8 Å². The first-order valence-corrected chi connectivity index (χ1v) is 10.6. The molecule has 2 aromatic carbocycles. The van der Waals surface area contributed by atoms with Gasteiger partial charge in [0.05, 0.1) is 0 Å². The summed E-state index contributed by atoms with van der Waals surface area (Å²) < 4.78 is 0. The van der Waals surface area contributed by atoms with E-state index in [4.69, 9.17) is 0 Å². The van der Waals surface area contributed by atoms with Gasteiger partial charge in [0, 0.05) is 12.6 Å². The second kappa shape index (κ2) is 8.30. The quantitative estimate of drug-likeness (QED) is 0.776. The molecule has 0 radical (unpaired) electrons. The normalized spacial score (nSPS) is 20.9. The van der Waals surface area contributed by atoms with Crippen LogP contribution in [0.4, 0.5) is 4.79 Å². The van der Waals surface area contributed by atoms with Crippen LogP contribution in [0.25, 0.3) is 0 Å². The molecule has 30 heavy (non-hydrogen) atoms. The third-order valence-corrected chi connectivity index (χ3v) is 6.23. The highest BCUT2D eigenvalue weighted by atomic mass is 16.2. The predicted molar refractivity (Wildman–Crippen MR) is 114 cm³/mol. The number of amides is 4. The molecule has 2 aliphatic rings. The Morgan fingerprint density at radius 2 is 1.60 bits per heavy atom. The first-order valence-electron chi connectivity index (χ1n) is 10.6. The van der Waals surface area contributed by atoms with E-state index in [0.717, 1.165) is 30.6 Å². The van der Waals surface area contributed by atoms with Gasteiger partial charge in [-0.2, -0.15) is 0 Å². The van der Waals surface area contributed by atoms with Crippen molar-refractivity contribution in [2.45, 2.75) is 44.2 Å². The summed E-state index contributed by atoms with van der Waals surface area (Å²) in [7, 11) is 0. The molecule has 0 aromatic heterocycles. The second-order valence-corrected chi connectivity index (χ2v) is 7.95. The number of piperidine rings is 1. The lowest BCUT2D eigenvalue weighted by Crippen LogP contribution is -2.50. The van der Waals surface area contributed by atoms with Gasteiger partial charge in [0.15, 0.2) is 5.54 Å². The number of hydrogen-bond acceptors (Lipinski definition) is 3. The SMILES string of the molecule is CCC1CCCCN1C(=O)CN1C(=O)NC(c2ccccc2)(c2ccccc2)C1=O. The van der Waals surface area contributed by atoms with Crippen molar-refractivity contribution < 1.29 is 14.4 Å². The number of rotatable bonds is 5. The molecule has 6 nitrogen and oxygen atoms in total. The fraction of sp³-hybridized carbons (Fsp3) is 0.375. The van der Waals surface area contributed by atoms with Crippen molar-refractivity contribution in [2.75, 3.05) is 13.1 Å². The lowest BCUT2D eigenvalue weighted by atomic mass is 9.82. The van der Waals surface area contributed by atoms with Gasteiger partial charge in [0.25, 0.3) is 5.91 Å². The maximum Gasteiger partial charge on any atom is 0.326 e. The Morgan fingerprint density at radius 1 is 1.00 bits per heavy atom. The lowest BCUT2D eigenvalue weighted by molar-refractivity contribution is -0.140. The fourth-order valence-electron chi connectivity index (χ4n) is 4.63. The van der Waals surface area contributed by atoms with Crippen LogP contribution in [0.5, 0.6) is 0 Å². The molecule has 4 amide bonds. The average molecular weight is 405 g/mol. The van der Waals surface area contributed by atoms with Crippen molar-refractivity contribution in [3.05, 3.63) is 71.8 Å². The first kappa shape index (κ1) is 20.1. The maximum absolute atomic E-state index is 13.7. The van der Waals surface area contributed by atoms with E-state index in [1.807, 2.05) is 65.6 Å². The van der Waals surface area contributed by atoms with Crippen LogP contribution in [0.2, 0.25) is 0 Å². The van der Waals surface area contributed by atoms with E-state index >= 15 is 0 Å². The van der Waals surface area contributed by atoms with E-state index in [2.05, 4.69) is 12.2 Å². The molecule has 1 N–H and O–H groups in total. The second-order valence-electron chi connectivity index (χ2n) is 7.95. The molecule has 2 fully saturated rings. The topological polar surface area (TPSA) is 69.7 Å². The summed E-state index contributed by atoms with van der Waals surface area (Å²) in [5.74, 6) is -0.578. The zero-order valence-electron chi connectivity index (χ0n) is 17.2. The zero-order chi connectivity index (χ0) is 21.1. The minimum Gasteiger partial charge on any atom is -0.338 e. The smallest absolute Gasteiger partial charge is 0.326 e. The van der Waals surface area contributed by atoms with Crippen molar-refractivity contribution in [3.63, 3.8) is 0 Å². The number of carbonyl (C=O) groups excluding carboxylic acids is 3. The molecule has 0 spiro atoms. The van der Waals surface area contributed by atoms with Gasteiger partial charge in [-0.25, -0.2) is 4.79 Å². The highest BCUT2D eigenvalue weighted by Crippen LogP contribution is 2.36. The number of urea groups is 1. The van der Waals surface area contributed by atoms with Gasteiger partial charge in [0.2, 0.25) is 5.91 Å². The number of carbonyl (C=O) groups is 3. The summed E-state index contributed by atoms with van der Waals surface area (Å²) in [6.07, 6.45) is 3.92. The third kappa shape index (κ3) is 3.36. The molecule has 1 unspecified atom stereocenters. The zero-order valence-corrected chi connectivity index (χ0v) is 17.2. The van der Waals surface area contributed by atoms with E-state index in [0.29, 0.717) is 17.7 Å². The minimum absolute atomic E-state index is 0.165. The Morgan fingerprint density at radius 3 is 2.17 bits per heavy atom. The van der Waals surface area contributed by atoms with Gasteiger partial charge in [-0.1, -0.05) is 67.6 Å². The van der Waals surface area contributed by atoms with Crippen molar-refractivity contribution in [1.82, 2.24) is 15.1 Å². The number of nitrogens with zero attached hydrogens (tertiary/aromatic N) is 2. The van der Waals surface area contributed by atoms with E-state index < -0.39 is 17.5 Å². The summed E-state index contributed by atoms with van der Waals surface area (Å²) in [5, 5.41) is 2.90. The Hall–Kier alpha value is -3.15. The van der Waals surface area contributed by atoms with Crippen LogP contribution in [0.3, 0.4) is 0 Å². The summed E-state index contributed by atoms with van der Waals surface area (Å²) in [6, 6.07) is 18.0. The Bertz CT molecular complexity index is 890. The molecule has 0 saturated carbocycles. The highest BCUT2D eigenvalue weighted by molar-refractivity contribution is 6.11. The molecule has 156 valence electrons. The van der Waals surface area contributed by atoms with Crippen molar-refractivity contribution in [1.29, 1.82) is 0 Å². The molecule has 1 atom stereocenters. The van der Waals surface area contributed by atoms with Gasteiger partial charge in [-0.3, -0.25) is 14.5 Å². The third-order valence-electron chi connectivity index (χ3n) is 6.23. The molecular formula is C24H27N3O3. The molecule has 6 heteroatoms. The van der Waals surface area contributed by atoms with E-state index in [-0.39, 0.29) is 18.5 Å². The molecule has 4 rings (SSSR count). The van der Waals surface area contributed by atoms with Crippen molar-refractivity contribution in [2.24, 2.45) is 0 Å². The molecule has 0 aliphatic carbocycles. The lowest BCUT2D eigenvalue weighted by Gasteiger charge is -2.36. The number of benzene rings is 2. The van der Waals surface area contributed by atoms with Gasteiger partial charge < -0.3 is 10.2 Å². The van der Waals surface area contributed by atoms with E-state index in [1.165, 1.54) is 0 Å². The van der Waals surface area contributed by atoms with Crippen LogP contribution < -0.4 is 5.32 Å². The van der Waals surface area contributed by atoms with Gasteiger partial charge in [0.1, 0.15) is 6.54 Å². The van der Waals surface area contributed by atoms with Gasteiger partial charge in [-0.15, -0.1) is 0 Å². The van der Waals surface area contributed by atoms with E-state index in [1.54, 1.807) is 0 Å². The molecule has 2 heterocycles. The standard InChI is InChI=1S/C24H27N3O3/c1-2-20-15-9-10-16-26(20)21(28)17-27-22(29)24(25-23(27)30,18-11-5-3-6-12-18)19-13-7-4-8-14-19/h3-8,11-14,20H,2,9-10,15-17H2,1H3,(H,25,30). The summed E-state index contributed by atoms with van der Waals surface area (Å²) in [4.78, 5) is 42.6. The Kier molecular flexibility index (Phi) is 5.57. The van der Waals surface area contributed by atoms with Crippen LogP contribution in [0.1, 0.15) is 43.7 Å². The molecular weight excluding hydrogens is 378 g/mol. The highest BCUT2D eigenvalue weighted by Gasteiger charge is 2.54. The van der Waals surface area contributed by atoms with Crippen LogP contribution in [-0.2, 0) is 15.1 Å². The number of nitrogens with one attached hydrogen (secondary N) is 1. The van der Waals surface area contributed by atoms with Gasteiger partial charge >= 0.3 is 6.03 Å². The summed E-state index contributed by atoms with van der Waals surface area (Å²) in [5.41, 5.74) is 0.0224. The summed E-state index contributed by atoms with van der Waals surface area (Å²) in [6.45, 7) is 2.52. The minimum atomic E-state index is -1.33. The Labute approximate surface area is 176 Å². The Balaban J connectivity index is 1.66. The average Bonchev–Trinajstić information content (AvgIpc) is 3.05. The van der Waals surface area contributed by atoms with Crippen molar-refractivity contribution in [3.8, 4) is 0 Å². The van der Waals surface area contributed by atoms with Crippen LogP contribution >= 0.6 is 0 Å². The first-order chi connectivity index (χ1) is 14.6. The van der Waals surface area contributed by atoms with Crippen LogP contribution in [0.15, 0.2) is 60.7 Å². The summed E-state index contributed by atoms with van der Waals surface area (Å²) >= 11 is 0. The number of hydrogen-bond donors (Lipinski definition) is 1. The molecule has 2 aliphatic heterocycles. The van der Waals surface area contributed by atoms with Crippen LogP contribution in [-0.4, -0.2) is 46.8 Å². The number of imide groups is 1. The van der Waals surface area contributed by atoms with Crippen LogP contribution in [0, 0.1) is 0 Å². The molecule has 2 saturated heterocycles. The molecule has 0 bridgehead atoms. The predicted octanol–water partition coefficient (Wildman–Crippen LogP) is 3.27. The van der Waals surface area contributed by atoms with E-state index in [9.17, 15) is 14.4 Å². The van der Waals surface area contributed by atoms with Gasteiger partial charge in [-0.05, 0) is 36.8 Å². The molecule has 2 aromatic rings. The monoisotopic (exact) mass is 405 g/mol. The maximum atomic E-state index is 13.7. The largest absolute Gasteiger partial charge is 0.338 e. The number of likely N-dealkylation sites (tertiary alicyclic amines) is 1.